The second-order valence-corrected chi connectivity index (χ2v) is 3.78. The van der Waals surface area contributed by atoms with Gasteiger partial charge in [-0.2, -0.15) is 0 Å². The van der Waals surface area contributed by atoms with E-state index in [9.17, 15) is 4.79 Å². The summed E-state index contributed by atoms with van der Waals surface area (Å²) >= 11 is 0. The number of aromatic nitrogens is 2. The van der Waals surface area contributed by atoms with Crippen molar-refractivity contribution in [2.75, 3.05) is 12.8 Å². The van der Waals surface area contributed by atoms with Crippen LogP contribution in [0, 0.1) is 0 Å². The molecule has 0 radical (unpaired) electrons. The van der Waals surface area contributed by atoms with Gasteiger partial charge in [0, 0.05) is 12.1 Å². The molecule has 0 spiro atoms. The molecule has 0 bridgehead atoms. The Kier molecular flexibility index (Phi) is 3.32. The van der Waals surface area contributed by atoms with Crippen LogP contribution in [0.4, 0.5) is 5.82 Å². The van der Waals surface area contributed by atoms with Gasteiger partial charge in [-0.1, -0.05) is 25.1 Å². The van der Waals surface area contributed by atoms with Gasteiger partial charge in [0.2, 0.25) is 0 Å². The van der Waals surface area contributed by atoms with Crippen LogP contribution >= 0.6 is 0 Å². The molecule has 1 aromatic heterocycles. The van der Waals surface area contributed by atoms with E-state index in [1.165, 1.54) is 7.11 Å². The normalized spacial score (nSPS) is 10.3. The molecule has 1 heterocycles. The van der Waals surface area contributed by atoms with E-state index in [0.717, 1.165) is 11.5 Å². The molecule has 0 aliphatic carbocycles. The molecule has 2 rings (SSSR count). The summed E-state index contributed by atoms with van der Waals surface area (Å²) in [6.07, 6.45) is 0.677. The fraction of sp³-hybridized carbons (Fsp3) is 0.231. The zero-order chi connectivity index (χ0) is 13.1. The summed E-state index contributed by atoms with van der Waals surface area (Å²) in [5.41, 5.74) is 7.04. The fourth-order valence-corrected chi connectivity index (χ4v) is 1.83. The van der Waals surface area contributed by atoms with Crippen molar-refractivity contribution in [2.24, 2.45) is 0 Å². The van der Waals surface area contributed by atoms with E-state index in [-0.39, 0.29) is 5.69 Å². The van der Waals surface area contributed by atoms with Gasteiger partial charge < -0.3 is 10.5 Å². The number of anilines is 1. The minimum Gasteiger partial charge on any atom is -0.464 e. The molecule has 0 saturated carbocycles. The lowest BCUT2D eigenvalue weighted by molar-refractivity contribution is 0.0596. The Morgan fingerprint density at radius 1 is 1.39 bits per heavy atom. The molecular weight excluding hydrogens is 230 g/mol. The topological polar surface area (TPSA) is 70.1 Å². The van der Waals surface area contributed by atoms with Gasteiger partial charge in [0.1, 0.15) is 11.6 Å². The second-order valence-electron chi connectivity index (χ2n) is 3.78. The van der Waals surface area contributed by atoms with Crippen LogP contribution in [0.1, 0.15) is 23.2 Å². The van der Waals surface area contributed by atoms with Crippen molar-refractivity contribution in [3.05, 3.63) is 41.9 Å². The molecule has 1 aromatic carbocycles. The first-order chi connectivity index (χ1) is 8.69. The summed E-state index contributed by atoms with van der Waals surface area (Å²) in [6.45, 7) is 1.96. The number of hydrogen-bond donors (Lipinski definition) is 1. The van der Waals surface area contributed by atoms with E-state index in [0.29, 0.717) is 12.2 Å². The number of imidazole rings is 1. The Morgan fingerprint density at radius 2 is 2.06 bits per heavy atom. The molecule has 2 N–H and O–H groups in total. The number of rotatable bonds is 3. The Morgan fingerprint density at radius 3 is 2.61 bits per heavy atom. The molecule has 5 heteroatoms. The highest BCUT2D eigenvalue weighted by Gasteiger charge is 2.20. The Labute approximate surface area is 105 Å². The largest absolute Gasteiger partial charge is 0.464 e. The first-order valence-electron chi connectivity index (χ1n) is 5.69. The number of para-hydroxylation sites is 1. The summed E-state index contributed by atoms with van der Waals surface area (Å²) in [5, 5.41) is 0. The maximum absolute atomic E-state index is 11.6. The zero-order valence-corrected chi connectivity index (χ0v) is 10.4. The highest BCUT2D eigenvalue weighted by molar-refractivity contribution is 5.92. The predicted molar refractivity (Wildman–Crippen MR) is 68.7 cm³/mol. The minimum absolute atomic E-state index is 0.165. The number of carbonyl (C=O) groups excluding carboxylic acids is 1. The van der Waals surface area contributed by atoms with E-state index in [1.54, 1.807) is 4.57 Å². The third-order valence-electron chi connectivity index (χ3n) is 2.69. The fourth-order valence-electron chi connectivity index (χ4n) is 1.83. The summed E-state index contributed by atoms with van der Waals surface area (Å²) in [7, 11) is 1.31. The molecule has 0 atom stereocenters. The molecule has 0 unspecified atom stereocenters. The van der Waals surface area contributed by atoms with Gasteiger partial charge in [-0.05, 0) is 12.1 Å². The molecule has 2 aromatic rings. The molecular formula is C13H15N3O2. The van der Waals surface area contributed by atoms with Crippen LogP contribution in [-0.4, -0.2) is 22.6 Å². The van der Waals surface area contributed by atoms with Crippen molar-refractivity contribution in [1.29, 1.82) is 0 Å². The number of aryl methyl sites for hydroxylation is 1. The highest BCUT2D eigenvalue weighted by Crippen LogP contribution is 2.21. The number of ether oxygens (including phenoxy) is 1. The van der Waals surface area contributed by atoms with Crippen LogP contribution in [0.5, 0.6) is 0 Å². The van der Waals surface area contributed by atoms with E-state index in [1.807, 2.05) is 37.3 Å². The number of nitrogens with zero attached hydrogens (tertiary/aromatic N) is 2. The maximum Gasteiger partial charge on any atom is 0.360 e. The lowest BCUT2D eigenvalue weighted by atomic mass is 10.3. The van der Waals surface area contributed by atoms with Crippen LogP contribution in [0.15, 0.2) is 30.3 Å². The zero-order valence-electron chi connectivity index (χ0n) is 10.4. The first-order valence-corrected chi connectivity index (χ1v) is 5.69. The van der Waals surface area contributed by atoms with Crippen molar-refractivity contribution >= 4 is 11.8 Å². The molecule has 0 aliphatic heterocycles. The van der Waals surface area contributed by atoms with Gasteiger partial charge in [0.05, 0.1) is 7.11 Å². The maximum atomic E-state index is 11.6. The Hall–Kier alpha value is -2.30. The molecule has 94 valence electrons. The van der Waals surface area contributed by atoms with Crippen molar-refractivity contribution < 1.29 is 9.53 Å². The quantitative estimate of drug-likeness (QED) is 0.837. The van der Waals surface area contributed by atoms with Crippen LogP contribution in [0.2, 0.25) is 0 Å². The smallest absolute Gasteiger partial charge is 0.360 e. The van der Waals surface area contributed by atoms with E-state index in [4.69, 9.17) is 5.73 Å². The predicted octanol–water partition coefficient (Wildman–Crippen LogP) is 1.80. The van der Waals surface area contributed by atoms with Gasteiger partial charge in [0.15, 0.2) is 5.69 Å². The van der Waals surface area contributed by atoms with Gasteiger partial charge >= 0.3 is 5.97 Å². The molecule has 0 amide bonds. The number of nitrogens with two attached hydrogens (primary N) is 1. The van der Waals surface area contributed by atoms with Gasteiger partial charge in [0.25, 0.3) is 0 Å². The molecule has 0 fully saturated rings. The summed E-state index contributed by atoms with van der Waals surface area (Å²) in [5.74, 6) is 0.529. The number of methoxy groups -OCH3 is 1. The van der Waals surface area contributed by atoms with E-state index < -0.39 is 5.97 Å². The number of hydrogen-bond acceptors (Lipinski definition) is 4. The van der Waals surface area contributed by atoms with Crippen LogP contribution in [0.3, 0.4) is 0 Å². The number of esters is 1. The highest BCUT2D eigenvalue weighted by atomic mass is 16.5. The van der Waals surface area contributed by atoms with Crippen LogP contribution < -0.4 is 5.73 Å². The van der Waals surface area contributed by atoms with Crippen LogP contribution in [-0.2, 0) is 11.2 Å². The molecule has 18 heavy (non-hydrogen) atoms. The average molecular weight is 245 g/mol. The van der Waals surface area contributed by atoms with Gasteiger partial charge in [-0.15, -0.1) is 0 Å². The Bertz CT molecular complexity index is 561. The van der Waals surface area contributed by atoms with Crippen molar-refractivity contribution in [1.82, 2.24) is 9.55 Å². The van der Waals surface area contributed by atoms with Gasteiger partial charge in [-0.25, -0.2) is 9.78 Å². The first kappa shape index (κ1) is 12.2. The molecule has 0 saturated heterocycles. The number of nitrogen functional groups attached to an aromatic ring is 1. The molecule has 0 aliphatic rings. The minimum atomic E-state index is -0.517. The standard InChI is InChI=1S/C13H15N3O2/c1-3-10-15-11(13(17)18-2)12(14)16(10)9-7-5-4-6-8-9/h4-8H,3,14H2,1-2H3. The average Bonchev–Trinajstić information content (AvgIpc) is 2.75. The number of carbonyl (C=O) groups is 1. The van der Waals surface area contributed by atoms with E-state index in [2.05, 4.69) is 9.72 Å². The van der Waals surface area contributed by atoms with E-state index >= 15 is 0 Å². The Balaban J connectivity index is 2.60. The third-order valence-corrected chi connectivity index (χ3v) is 2.69. The summed E-state index contributed by atoms with van der Waals surface area (Å²) in [6, 6.07) is 9.57. The number of benzene rings is 1. The summed E-state index contributed by atoms with van der Waals surface area (Å²) in [4.78, 5) is 15.8. The van der Waals surface area contributed by atoms with Crippen LogP contribution in [0.25, 0.3) is 5.69 Å². The van der Waals surface area contributed by atoms with Crippen molar-refractivity contribution in [3.8, 4) is 5.69 Å². The SMILES string of the molecule is CCc1nc(C(=O)OC)c(N)n1-c1ccccc1. The van der Waals surface area contributed by atoms with Crippen molar-refractivity contribution in [2.45, 2.75) is 13.3 Å². The third kappa shape index (κ3) is 1.95. The van der Waals surface area contributed by atoms with Gasteiger partial charge in [-0.3, -0.25) is 4.57 Å². The van der Waals surface area contributed by atoms with Crippen molar-refractivity contribution in [3.63, 3.8) is 0 Å². The lowest BCUT2D eigenvalue weighted by Crippen LogP contribution is -2.07. The monoisotopic (exact) mass is 245 g/mol. The lowest BCUT2D eigenvalue weighted by Gasteiger charge is -2.08. The summed E-state index contributed by atoms with van der Waals surface area (Å²) < 4.78 is 6.44. The second kappa shape index (κ2) is 4.91. The molecule has 5 nitrogen and oxygen atoms in total.